The number of carbonyl (C=O) groups is 3. The van der Waals surface area contributed by atoms with E-state index in [2.05, 4.69) is 34.8 Å². The van der Waals surface area contributed by atoms with E-state index < -0.39 is 34.8 Å². The second-order valence-corrected chi connectivity index (χ2v) is 15.1. The highest BCUT2D eigenvalue weighted by molar-refractivity contribution is 6.31. The molecule has 1 saturated carbocycles. The first-order chi connectivity index (χ1) is 22.5. The molecule has 4 aliphatic heterocycles. The van der Waals surface area contributed by atoms with Gasteiger partial charge in [-0.25, -0.2) is 9.37 Å². The largest absolute Gasteiger partial charge is 0.378 e. The number of hydrogen-bond acceptors (Lipinski definition) is 7. The Morgan fingerprint density at radius 2 is 1.83 bits per heavy atom. The Morgan fingerprint density at radius 3 is 2.53 bits per heavy atom. The van der Waals surface area contributed by atoms with E-state index in [9.17, 15) is 14.4 Å². The van der Waals surface area contributed by atoms with E-state index in [0.29, 0.717) is 68.3 Å². The van der Waals surface area contributed by atoms with Gasteiger partial charge in [-0.3, -0.25) is 19.7 Å². The van der Waals surface area contributed by atoms with E-state index in [1.54, 1.807) is 17.0 Å². The van der Waals surface area contributed by atoms with Crippen molar-refractivity contribution < 1.29 is 28.2 Å². The molecule has 3 amide bonds. The molecule has 5 heterocycles. The van der Waals surface area contributed by atoms with Gasteiger partial charge in [0.05, 0.1) is 31.9 Å². The lowest BCUT2D eigenvalue weighted by atomic mass is 9.53. The van der Waals surface area contributed by atoms with Gasteiger partial charge >= 0.3 is 0 Å². The molecule has 2 spiro atoms. The van der Waals surface area contributed by atoms with Gasteiger partial charge in [-0.2, -0.15) is 0 Å². The Morgan fingerprint density at radius 1 is 1.09 bits per heavy atom. The SMILES string of the molecule is CC1(C)CCC2(CC1)N[C@@H](C(=O)N[C@@H]1CC[C@@H](C(=O)N3CCOCC3)OC1)[C@H](c1ccnc(Cl)c1F)[C@]21C(=O)Nc2cc(Cl)ccc21. The Balaban J connectivity index is 1.24. The lowest BCUT2D eigenvalue weighted by Gasteiger charge is -2.50. The Hall–Kier alpha value is -2.83. The van der Waals surface area contributed by atoms with Crippen LogP contribution in [-0.2, 0) is 29.3 Å². The fourth-order valence-electron chi connectivity index (χ4n) is 8.67. The number of amides is 3. The number of morpholine rings is 1. The highest BCUT2D eigenvalue weighted by Crippen LogP contribution is 2.64. The summed E-state index contributed by atoms with van der Waals surface area (Å²) in [5.41, 5.74) is -0.821. The standard InChI is InChI=1S/C34H40Cl2FN5O5/c1-32(2)8-10-33(11-9-32)34(22-5-3-19(35)17-23(22)40-31(34)45)25(21-7-12-38-28(36)26(21)37)27(41-33)29(43)39-20-4-6-24(47-18-20)30(44)42-13-15-46-16-14-42/h3,5,7,12,17,20,24-25,27,41H,4,6,8-11,13-16,18H2,1-2H3,(H,39,43)(H,40,45)/t20-,24+,25+,27-,34-/m1/s1. The molecule has 5 atom stereocenters. The highest BCUT2D eigenvalue weighted by Gasteiger charge is 2.73. The van der Waals surface area contributed by atoms with Crippen molar-refractivity contribution in [2.45, 2.75) is 87.4 Å². The molecular weight excluding hydrogens is 648 g/mol. The number of ether oxygens (including phenoxy) is 2. The number of halogens is 3. The zero-order valence-electron chi connectivity index (χ0n) is 26.5. The second-order valence-electron chi connectivity index (χ2n) is 14.3. The molecule has 2 aromatic rings. The van der Waals surface area contributed by atoms with Gasteiger partial charge in [-0.05, 0) is 73.3 Å². The molecule has 5 aliphatic rings. The van der Waals surface area contributed by atoms with Crippen LogP contribution in [0.2, 0.25) is 10.2 Å². The minimum atomic E-state index is -1.35. The molecule has 252 valence electrons. The maximum absolute atomic E-state index is 16.1. The predicted octanol–water partition coefficient (Wildman–Crippen LogP) is 4.33. The molecule has 10 nitrogen and oxygen atoms in total. The highest BCUT2D eigenvalue weighted by atomic mass is 35.5. The third-order valence-electron chi connectivity index (χ3n) is 11.2. The van der Waals surface area contributed by atoms with Gasteiger partial charge in [0.1, 0.15) is 11.5 Å². The minimum absolute atomic E-state index is 0.0295. The Bertz CT molecular complexity index is 1580. The number of carbonyl (C=O) groups excluding carboxylic acids is 3. The van der Waals surface area contributed by atoms with Crippen molar-refractivity contribution in [2.24, 2.45) is 5.41 Å². The summed E-state index contributed by atoms with van der Waals surface area (Å²) in [6.07, 6.45) is 4.61. The van der Waals surface area contributed by atoms with E-state index in [4.69, 9.17) is 32.7 Å². The number of pyridine rings is 1. The minimum Gasteiger partial charge on any atom is -0.378 e. The fourth-order valence-corrected chi connectivity index (χ4v) is 9.00. The van der Waals surface area contributed by atoms with Crippen LogP contribution in [0, 0.1) is 11.2 Å². The average Bonchev–Trinajstić information content (AvgIpc) is 3.52. The third kappa shape index (κ3) is 5.42. The van der Waals surface area contributed by atoms with Crippen molar-refractivity contribution in [3.8, 4) is 0 Å². The molecule has 7 rings (SSSR count). The lowest BCUT2D eigenvalue weighted by molar-refractivity contribution is -0.151. The molecule has 0 radical (unpaired) electrons. The maximum Gasteiger partial charge on any atom is 0.251 e. The number of nitrogens with zero attached hydrogens (tertiary/aromatic N) is 2. The van der Waals surface area contributed by atoms with Crippen LogP contribution in [-0.4, -0.2) is 84.2 Å². The first-order valence-corrected chi connectivity index (χ1v) is 17.2. The van der Waals surface area contributed by atoms with E-state index in [0.717, 1.165) is 12.8 Å². The monoisotopic (exact) mass is 687 g/mol. The summed E-state index contributed by atoms with van der Waals surface area (Å²) >= 11 is 12.6. The summed E-state index contributed by atoms with van der Waals surface area (Å²) in [5.74, 6) is -2.46. The van der Waals surface area contributed by atoms with Crippen molar-refractivity contribution in [1.29, 1.82) is 0 Å². The van der Waals surface area contributed by atoms with Crippen LogP contribution in [0.1, 0.15) is 69.4 Å². The van der Waals surface area contributed by atoms with Gasteiger partial charge < -0.3 is 25.0 Å². The predicted molar refractivity (Wildman–Crippen MR) is 174 cm³/mol. The quantitative estimate of drug-likeness (QED) is 0.409. The molecule has 13 heteroatoms. The Labute approximate surface area is 283 Å². The van der Waals surface area contributed by atoms with Crippen molar-refractivity contribution >= 4 is 46.6 Å². The van der Waals surface area contributed by atoms with Crippen molar-refractivity contribution in [3.63, 3.8) is 0 Å². The third-order valence-corrected chi connectivity index (χ3v) is 11.7. The molecule has 0 bridgehead atoms. The van der Waals surface area contributed by atoms with Crippen LogP contribution < -0.4 is 16.0 Å². The first kappa shape index (κ1) is 32.7. The number of aromatic nitrogens is 1. The van der Waals surface area contributed by atoms with Crippen molar-refractivity contribution in [2.75, 3.05) is 38.2 Å². The summed E-state index contributed by atoms with van der Waals surface area (Å²) in [6.45, 7) is 6.64. The van der Waals surface area contributed by atoms with E-state index in [-0.39, 0.29) is 46.5 Å². The number of hydrogen-bond donors (Lipinski definition) is 3. The number of rotatable bonds is 4. The van der Waals surface area contributed by atoms with Crippen LogP contribution >= 0.6 is 23.2 Å². The fraction of sp³-hybridized carbons (Fsp3) is 0.588. The van der Waals surface area contributed by atoms with Crippen LogP contribution in [0.3, 0.4) is 0 Å². The summed E-state index contributed by atoms with van der Waals surface area (Å²) < 4.78 is 27.5. The molecule has 3 saturated heterocycles. The molecule has 0 unspecified atom stereocenters. The molecule has 3 N–H and O–H groups in total. The zero-order chi connectivity index (χ0) is 33.1. The summed E-state index contributed by atoms with van der Waals surface area (Å²) in [7, 11) is 0. The lowest BCUT2D eigenvalue weighted by Crippen LogP contribution is -2.61. The second kappa shape index (κ2) is 12.2. The van der Waals surface area contributed by atoms with Crippen LogP contribution in [0.5, 0.6) is 0 Å². The van der Waals surface area contributed by atoms with Crippen LogP contribution in [0.25, 0.3) is 0 Å². The van der Waals surface area contributed by atoms with Crippen molar-refractivity contribution in [1.82, 2.24) is 20.5 Å². The molecule has 1 aromatic carbocycles. The number of fused-ring (bicyclic) bond motifs is 3. The average molecular weight is 689 g/mol. The molecule has 1 aliphatic carbocycles. The summed E-state index contributed by atoms with van der Waals surface area (Å²) in [5, 5.41) is 9.98. The molecule has 47 heavy (non-hydrogen) atoms. The van der Waals surface area contributed by atoms with Gasteiger partial charge in [-0.1, -0.05) is 43.1 Å². The van der Waals surface area contributed by atoms with Crippen LogP contribution in [0.15, 0.2) is 30.5 Å². The van der Waals surface area contributed by atoms with Gasteiger partial charge in [0, 0.05) is 41.5 Å². The van der Waals surface area contributed by atoms with Gasteiger partial charge in [0.15, 0.2) is 11.0 Å². The number of anilines is 1. The van der Waals surface area contributed by atoms with E-state index in [1.807, 2.05) is 6.07 Å². The first-order valence-electron chi connectivity index (χ1n) is 16.4. The van der Waals surface area contributed by atoms with Gasteiger partial charge in [0.2, 0.25) is 11.8 Å². The summed E-state index contributed by atoms with van der Waals surface area (Å²) in [6, 6.07) is 5.42. The topological polar surface area (TPSA) is 122 Å². The number of benzene rings is 1. The molecular formula is C34H40Cl2FN5O5. The molecule has 1 aromatic heterocycles. The zero-order valence-corrected chi connectivity index (χ0v) is 28.1. The van der Waals surface area contributed by atoms with Crippen LogP contribution in [0.4, 0.5) is 10.1 Å². The van der Waals surface area contributed by atoms with Gasteiger partial charge in [-0.15, -0.1) is 0 Å². The van der Waals surface area contributed by atoms with E-state index >= 15 is 4.39 Å². The van der Waals surface area contributed by atoms with Crippen molar-refractivity contribution in [3.05, 3.63) is 57.6 Å². The Kier molecular flexibility index (Phi) is 8.52. The summed E-state index contributed by atoms with van der Waals surface area (Å²) in [4.78, 5) is 47.8. The number of nitrogens with one attached hydrogen (secondary N) is 3. The normalized spacial score (nSPS) is 31.1. The van der Waals surface area contributed by atoms with E-state index in [1.165, 1.54) is 12.3 Å². The van der Waals surface area contributed by atoms with Gasteiger partial charge in [0.25, 0.3) is 5.91 Å². The maximum atomic E-state index is 16.1. The molecule has 4 fully saturated rings. The smallest absolute Gasteiger partial charge is 0.251 e.